The van der Waals surface area contributed by atoms with E-state index < -0.39 is 11.8 Å². The van der Waals surface area contributed by atoms with E-state index in [0.717, 1.165) is 11.0 Å². The zero-order valence-electron chi connectivity index (χ0n) is 18.5. The van der Waals surface area contributed by atoms with Crippen molar-refractivity contribution in [2.75, 3.05) is 6.61 Å². The van der Waals surface area contributed by atoms with Crippen molar-refractivity contribution >= 4 is 34.4 Å². The molecule has 0 aliphatic carbocycles. The van der Waals surface area contributed by atoms with Crippen molar-refractivity contribution in [3.05, 3.63) is 89.2 Å². The van der Waals surface area contributed by atoms with Crippen LogP contribution in [0.1, 0.15) is 23.1 Å². The topological polar surface area (TPSA) is 94.5 Å². The van der Waals surface area contributed by atoms with Gasteiger partial charge in [-0.15, -0.1) is 0 Å². The Bertz CT molecular complexity index is 1300. The summed E-state index contributed by atoms with van der Waals surface area (Å²) in [5.41, 5.74) is 6.75. The van der Waals surface area contributed by atoms with Crippen LogP contribution in [0.25, 0.3) is 11.0 Å². The lowest BCUT2D eigenvalue weighted by Gasteiger charge is -2.13. The largest absolute Gasteiger partial charge is 0.493 e. The number of amides is 2. The Hall–Kier alpha value is -4.04. The fourth-order valence-electron chi connectivity index (χ4n) is 3.40. The van der Waals surface area contributed by atoms with Crippen LogP contribution in [0.2, 0.25) is 5.02 Å². The fourth-order valence-corrected chi connectivity index (χ4v) is 3.53. The summed E-state index contributed by atoms with van der Waals surface area (Å²) in [7, 11) is 0. The van der Waals surface area contributed by atoms with E-state index >= 15 is 0 Å². The number of carbonyl (C=O) groups excluding carboxylic acids is 2. The number of hydrogen-bond acceptors (Lipinski definition) is 5. The molecule has 8 nitrogen and oxygen atoms in total. The Morgan fingerprint density at radius 2 is 1.68 bits per heavy atom. The zero-order chi connectivity index (χ0) is 23.9. The Kier molecular flexibility index (Phi) is 7.29. The Morgan fingerprint density at radius 3 is 2.47 bits per heavy atom. The molecule has 0 unspecified atom stereocenters. The molecule has 0 saturated carbocycles. The number of aromatic nitrogens is 2. The Balaban J connectivity index is 1.45. The quantitative estimate of drug-likeness (QED) is 0.371. The molecule has 1 heterocycles. The van der Waals surface area contributed by atoms with Crippen LogP contribution >= 0.6 is 11.6 Å². The van der Waals surface area contributed by atoms with Crippen molar-refractivity contribution < 1.29 is 19.1 Å². The number of rotatable bonds is 8. The van der Waals surface area contributed by atoms with Crippen LogP contribution in [0.5, 0.6) is 11.5 Å². The van der Waals surface area contributed by atoms with E-state index in [9.17, 15) is 9.59 Å². The summed E-state index contributed by atoms with van der Waals surface area (Å²) in [6, 6.07) is 21.3. The Morgan fingerprint density at radius 1 is 0.941 bits per heavy atom. The van der Waals surface area contributed by atoms with E-state index in [0.29, 0.717) is 34.5 Å². The second kappa shape index (κ2) is 10.7. The van der Waals surface area contributed by atoms with E-state index in [4.69, 9.17) is 21.1 Å². The van der Waals surface area contributed by atoms with Gasteiger partial charge in [0.15, 0.2) is 0 Å². The summed E-state index contributed by atoms with van der Waals surface area (Å²) in [4.78, 5) is 29.9. The maximum Gasteiger partial charge on any atom is 0.273 e. The van der Waals surface area contributed by atoms with Crippen molar-refractivity contribution in [2.24, 2.45) is 0 Å². The zero-order valence-corrected chi connectivity index (χ0v) is 19.2. The van der Waals surface area contributed by atoms with Crippen LogP contribution in [-0.2, 0) is 17.9 Å². The van der Waals surface area contributed by atoms with Crippen LogP contribution in [0.3, 0.4) is 0 Å². The summed E-state index contributed by atoms with van der Waals surface area (Å²) in [6.07, 6.45) is 0. The summed E-state index contributed by atoms with van der Waals surface area (Å²) in [5, 5.41) is 0.613. The monoisotopic (exact) mass is 478 g/mol. The first-order valence-electron chi connectivity index (χ1n) is 10.7. The van der Waals surface area contributed by atoms with E-state index in [1.165, 1.54) is 0 Å². The van der Waals surface area contributed by atoms with Crippen LogP contribution in [0.4, 0.5) is 0 Å². The van der Waals surface area contributed by atoms with Crippen LogP contribution in [0, 0.1) is 0 Å². The van der Waals surface area contributed by atoms with Crippen LogP contribution < -0.4 is 20.3 Å². The molecule has 34 heavy (non-hydrogen) atoms. The molecule has 0 radical (unpaired) electrons. The molecule has 3 aromatic carbocycles. The predicted octanol–water partition coefficient (Wildman–Crippen LogP) is 4.13. The molecule has 2 N–H and O–H groups in total. The van der Waals surface area contributed by atoms with Crippen molar-refractivity contribution in [3.8, 4) is 11.5 Å². The lowest BCUT2D eigenvalue weighted by Crippen LogP contribution is -2.43. The number of hydrazine groups is 1. The van der Waals surface area contributed by atoms with Crippen LogP contribution in [-0.4, -0.2) is 28.0 Å². The molecular weight excluding hydrogens is 456 g/mol. The molecule has 4 rings (SSSR count). The van der Waals surface area contributed by atoms with E-state index in [-0.39, 0.29) is 13.2 Å². The molecule has 0 aliphatic heterocycles. The number of carbonyl (C=O) groups is 2. The third kappa shape index (κ3) is 5.47. The Labute approximate surface area is 201 Å². The number of fused-ring (bicyclic) bond motifs is 1. The van der Waals surface area contributed by atoms with Gasteiger partial charge >= 0.3 is 0 Å². The lowest BCUT2D eigenvalue weighted by atomic mass is 10.2. The minimum Gasteiger partial charge on any atom is -0.493 e. The highest BCUT2D eigenvalue weighted by Crippen LogP contribution is 2.20. The molecule has 174 valence electrons. The minimum absolute atomic E-state index is 0.0623. The normalized spacial score (nSPS) is 10.6. The van der Waals surface area contributed by atoms with E-state index in [2.05, 4.69) is 15.8 Å². The van der Waals surface area contributed by atoms with Gasteiger partial charge in [0.25, 0.3) is 11.8 Å². The molecule has 0 aliphatic rings. The number of imidazole rings is 1. The summed E-state index contributed by atoms with van der Waals surface area (Å²) in [6.45, 7) is 2.34. The molecule has 0 saturated heterocycles. The van der Waals surface area contributed by atoms with Gasteiger partial charge in [-0.1, -0.05) is 35.9 Å². The van der Waals surface area contributed by atoms with Gasteiger partial charge in [-0.3, -0.25) is 20.4 Å². The van der Waals surface area contributed by atoms with Crippen molar-refractivity contribution in [3.63, 3.8) is 0 Å². The SMILES string of the molecule is CCOc1ccccc1C(=O)NNC(=O)Cn1c(COc2ccc(Cl)cc2)nc2ccccc21. The highest BCUT2D eigenvalue weighted by Gasteiger charge is 2.16. The molecule has 1 aromatic heterocycles. The van der Waals surface area contributed by atoms with Gasteiger partial charge in [0.05, 0.1) is 23.2 Å². The summed E-state index contributed by atoms with van der Waals surface area (Å²) < 4.78 is 13.1. The van der Waals surface area contributed by atoms with E-state index in [1.54, 1.807) is 53.1 Å². The molecule has 0 fully saturated rings. The molecule has 9 heteroatoms. The maximum atomic E-state index is 12.7. The molecular formula is C25H23ClN4O4. The van der Waals surface area contributed by atoms with E-state index in [1.807, 2.05) is 31.2 Å². The molecule has 0 atom stereocenters. The first kappa shape index (κ1) is 23.1. The van der Waals surface area contributed by atoms with Crippen molar-refractivity contribution in [1.82, 2.24) is 20.4 Å². The summed E-state index contributed by atoms with van der Waals surface area (Å²) >= 11 is 5.93. The average Bonchev–Trinajstić information content (AvgIpc) is 3.20. The minimum atomic E-state index is -0.473. The van der Waals surface area contributed by atoms with Gasteiger partial charge in [-0.05, 0) is 55.5 Å². The number of para-hydroxylation sites is 3. The van der Waals surface area contributed by atoms with Crippen molar-refractivity contribution in [1.29, 1.82) is 0 Å². The standard InChI is InChI=1S/C25H23ClN4O4/c1-2-33-22-10-6-3-7-19(22)25(32)29-28-24(31)15-30-21-9-5-4-8-20(21)27-23(30)16-34-18-13-11-17(26)12-14-18/h3-14H,2,15-16H2,1H3,(H,28,31)(H,29,32). The smallest absolute Gasteiger partial charge is 0.273 e. The fraction of sp³-hybridized carbons (Fsp3) is 0.160. The number of nitrogens with one attached hydrogen (secondary N) is 2. The molecule has 2 amide bonds. The number of hydrogen-bond donors (Lipinski definition) is 2. The predicted molar refractivity (Wildman–Crippen MR) is 129 cm³/mol. The third-order valence-corrected chi connectivity index (χ3v) is 5.22. The van der Waals surface area contributed by atoms with Gasteiger partial charge in [-0.2, -0.15) is 0 Å². The van der Waals surface area contributed by atoms with Crippen molar-refractivity contribution in [2.45, 2.75) is 20.1 Å². The number of nitrogens with zero attached hydrogens (tertiary/aromatic N) is 2. The third-order valence-electron chi connectivity index (χ3n) is 4.96. The average molecular weight is 479 g/mol. The first-order valence-corrected chi connectivity index (χ1v) is 11.1. The second-order valence-corrected chi connectivity index (χ2v) is 7.71. The first-order chi connectivity index (χ1) is 16.5. The number of ether oxygens (including phenoxy) is 2. The van der Waals surface area contributed by atoms with Gasteiger partial charge in [-0.25, -0.2) is 4.98 Å². The highest BCUT2D eigenvalue weighted by molar-refractivity contribution is 6.30. The molecule has 4 aromatic rings. The number of halogens is 1. The van der Waals surface area contributed by atoms with Gasteiger partial charge in [0.2, 0.25) is 0 Å². The van der Waals surface area contributed by atoms with Gasteiger partial charge < -0.3 is 14.0 Å². The second-order valence-electron chi connectivity index (χ2n) is 7.28. The summed E-state index contributed by atoms with van der Waals surface area (Å²) in [5.74, 6) is 0.753. The highest BCUT2D eigenvalue weighted by atomic mass is 35.5. The van der Waals surface area contributed by atoms with Gasteiger partial charge in [0, 0.05) is 5.02 Å². The van der Waals surface area contributed by atoms with Crippen LogP contribution in [0.15, 0.2) is 72.8 Å². The molecule has 0 bridgehead atoms. The lowest BCUT2D eigenvalue weighted by molar-refractivity contribution is -0.122. The maximum absolute atomic E-state index is 12.7. The van der Waals surface area contributed by atoms with Gasteiger partial charge in [0.1, 0.15) is 30.5 Å². The number of benzene rings is 3. The molecule has 0 spiro atoms.